The Balaban J connectivity index is 1.68. The molecule has 0 aromatic carbocycles. The fourth-order valence-electron chi connectivity index (χ4n) is 2.37. The summed E-state index contributed by atoms with van der Waals surface area (Å²) < 4.78 is 5.70. The molecule has 1 unspecified atom stereocenters. The Labute approximate surface area is 101 Å². The molecule has 0 bridgehead atoms. The van der Waals surface area contributed by atoms with Crippen molar-refractivity contribution in [3.05, 3.63) is 5.82 Å². The SMILES string of the molecule is C1CCC(c2nc(N3CCNCC3)n[nH]2)OC1. The minimum absolute atomic E-state index is 0.118. The maximum absolute atomic E-state index is 5.70. The van der Waals surface area contributed by atoms with Crippen molar-refractivity contribution >= 4 is 5.95 Å². The van der Waals surface area contributed by atoms with E-state index in [0.29, 0.717) is 0 Å². The van der Waals surface area contributed by atoms with Crippen molar-refractivity contribution in [2.75, 3.05) is 37.7 Å². The molecule has 2 aliphatic rings. The third-order valence-electron chi connectivity index (χ3n) is 3.38. The van der Waals surface area contributed by atoms with Crippen molar-refractivity contribution < 1.29 is 4.74 Å². The van der Waals surface area contributed by atoms with Crippen LogP contribution >= 0.6 is 0 Å². The lowest BCUT2D eigenvalue weighted by Crippen LogP contribution is -2.44. The van der Waals surface area contributed by atoms with Crippen molar-refractivity contribution in [2.45, 2.75) is 25.4 Å². The predicted molar refractivity (Wildman–Crippen MR) is 64.0 cm³/mol. The van der Waals surface area contributed by atoms with Gasteiger partial charge in [-0.2, -0.15) is 4.98 Å². The Morgan fingerprint density at radius 3 is 2.88 bits per heavy atom. The average Bonchev–Trinajstić information content (AvgIpc) is 2.90. The van der Waals surface area contributed by atoms with E-state index in [1.54, 1.807) is 0 Å². The third kappa shape index (κ3) is 2.42. The van der Waals surface area contributed by atoms with Gasteiger partial charge in [-0.1, -0.05) is 0 Å². The van der Waals surface area contributed by atoms with Gasteiger partial charge in [0.15, 0.2) is 5.82 Å². The molecule has 1 atom stereocenters. The van der Waals surface area contributed by atoms with E-state index in [-0.39, 0.29) is 6.10 Å². The standard InChI is InChI=1S/C11H19N5O/c1-2-8-17-9(3-1)10-13-11(15-14-10)16-6-4-12-5-7-16/h9,12H,1-8H2,(H,13,14,15). The van der Waals surface area contributed by atoms with Gasteiger partial charge in [0.25, 0.3) is 0 Å². The molecule has 3 rings (SSSR count). The van der Waals surface area contributed by atoms with Crippen molar-refractivity contribution in [3.8, 4) is 0 Å². The van der Waals surface area contributed by atoms with E-state index in [1.165, 1.54) is 6.42 Å². The molecule has 17 heavy (non-hydrogen) atoms. The van der Waals surface area contributed by atoms with E-state index in [0.717, 1.165) is 57.4 Å². The normalized spacial score (nSPS) is 26.1. The molecule has 94 valence electrons. The molecule has 0 amide bonds. The molecule has 6 nitrogen and oxygen atoms in total. The molecule has 2 N–H and O–H groups in total. The zero-order valence-corrected chi connectivity index (χ0v) is 9.98. The molecular weight excluding hydrogens is 218 g/mol. The molecule has 1 aromatic heterocycles. The second kappa shape index (κ2) is 5.01. The molecule has 1 aromatic rings. The lowest BCUT2D eigenvalue weighted by atomic mass is 10.1. The number of anilines is 1. The van der Waals surface area contributed by atoms with Gasteiger partial charge in [-0.05, 0) is 19.3 Å². The van der Waals surface area contributed by atoms with Gasteiger partial charge < -0.3 is 15.0 Å². The molecule has 0 aliphatic carbocycles. The summed E-state index contributed by atoms with van der Waals surface area (Å²) in [6.45, 7) is 4.80. The monoisotopic (exact) mass is 237 g/mol. The van der Waals surface area contributed by atoms with Gasteiger partial charge in [0.1, 0.15) is 6.10 Å². The van der Waals surface area contributed by atoms with E-state index in [9.17, 15) is 0 Å². The minimum atomic E-state index is 0.118. The highest BCUT2D eigenvalue weighted by Gasteiger charge is 2.22. The minimum Gasteiger partial charge on any atom is -0.370 e. The van der Waals surface area contributed by atoms with Gasteiger partial charge in [-0.3, -0.25) is 5.10 Å². The topological polar surface area (TPSA) is 66.1 Å². The number of hydrogen-bond donors (Lipinski definition) is 2. The largest absolute Gasteiger partial charge is 0.370 e. The zero-order chi connectivity index (χ0) is 11.5. The second-order valence-electron chi connectivity index (χ2n) is 4.61. The number of aromatic amines is 1. The van der Waals surface area contributed by atoms with Crippen LogP contribution in [0.1, 0.15) is 31.2 Å². The van der Waals surface area contributed by atoms with Crippen LogP contribution in [-0.4, -0.2) is 48.0 Å². The van der Waals surface area contributed by atoms with Crippen LogP contribution in [0, 0.1) is 0 Å². The molecule has 0 spiro atoms. The highest BCUT2D eigenvalue weighted by Crippen LogP contribution is 2.26. The first-order valence-corrected chi connectivity index (χ1v) is 6.43. The van der Waals surface area contributed by atoms with Gasteiger partial charge in [-0.15, -0.1) is 5.10 Å². The smallest absolute Gasteiger partial charge is 0.244 e. The number of H-pyrrole nitrogens is 1. The van der Waals surface area contributed by atoms with E-state index < -0.39 is 0 Å². The molecule has 2 aliphatic heterocycles. The van der Waals surface area contributed by atoms with E-state index in [2.05, 4.69) is 25.4 Å². The number of nitrogens with one attached hydrogen (secondary N) is 2. The van der Waals surface area contributed by atoms with Crippen LogP contribution in [0.4, 0.5) is 5.95 Å². The molecule has 6 heteroatoms. The maximum atomic E-state index is 5.70. The lowest BCUT2D eigenvalue weighted by molar-refractivity contribution is 0.00969. The zero-order valence-electron chi connectivity index (χ0n) is 9.98. The quantitative estimate of drug-likeness (QED) is 0.782. The molecule has 0 saturated carbocycles. The van der Waals surface area contributed by atoms with Crippen molar-refractivity contribution in [3.63, 3.8) is 0 Å². The Kier molecular flexibility index (Phi) is 3.24. The maximum Gasteiger partial charge on any atom is 0.244 e. The molecule has 0 radical (unpaired) electrons. The van der Waals surface area contributed by atoms with Gasteiger partial charge in [0.05, 0.1) is 0 Å². The van der Waals surface area contributed by atoms with Crippen LogP contribution in [0.3, 0.4) is 0 Å². The number of aromatic nitrogens is 3. The number of nitrogens with zero attached hydrogens (tertiary/aromatic N) is 3. The van der Waals surface area contributed by atoms with Crippen molar-refractivity contribution in [2.24, 2.45) is 0 Å². The van der Waals surface area contributed by atoms with Crippen LogP contribution < -0.4 is 10.2 Å². The van der Waals surface area contributed by atoms with Crippen molar-refractivity contribution in [1.29, 1.82) is 0 Å². The average molecular weight is 237 g/mol. The predicted octanol–water partition coefficient (Wildman–Crippen LogP) is 0.456. The summed E-state index contributed by atoms with van der Waals surface area (Å²) >= 11 is 0. The summed E-state index contributed by atoms with van der Waals surface area (Å²) in [6, 6.07) is 0. The number of piperazine rings is 1. The first-order valence-electron chi connectivity index (χ1n) is 6.43. The summed E-state index contributed by atoms with van der Waals surface area (Å²) in [5.74, 6) is 1.70. The van der Waals surface area contributed by atoms with Gasteiger partial charge in [0, 0.05) is 32.8 Å². The fourth-order valence-corrected chi connectivity index (χ4v) is 2.37. The van der Waals surface area contributed by atoms with Gasteiger partial charge in [0.2, 0.25) is 5.95 Å². The van der Waals surface area contributed by atoms with Gasteiger partial charge in [-0.25, -0.2) is 0 Å². The van der Waals surface area contributed by atoms with Crippen molar-refractivity contribution in [1.82, 2.24) is 20.5 Å². The number of hydrogen-bond acceptors (Lipinski definition) is 5. The highest BCUT2D eigenvalue weighted by molar-refractivity contribution is 5.29. The molecule has 2 fully saturated rings. The Morgan fingerprint density at radius 2 is 2.12 bits per heavy atom. The molecule has 3 heterocycles. The lowest BCUT2D eigenvalue weighted by Gasteiger charge is -2.26. The van der Waals surface area contributed by atoms with Gasteiger partial charge >= 0.3 is 0 Å². The first kappa shape index (κ1) is 11.0. The summed E-state index contributed by atoms with van der Waals surface area (Å²) in [4.78, 5) is 6.77. The highest BCUT2D eigenvalue weighted by atomic mass is 16.5. The van der Waals surface area contributed by atoms with Crippen LogP contribution in [0.25, 0.3) is 0 Å². The summed E-state index contributed by atoms with van der Waals surface area (Å²) in [5.41, 5.74) is 0. The fraction of sp³-hybridized carbons (Fsp3) is 0.818. The number of ether oxygens (including phenoxy) is 1. The first-order chi connectivity index (χ1) is 8.43. The van der Waals surface area contributed by atoms with Crippen LogP contribution in [0.15, 0.2) is 0 Å². The number of rotatable bonds is 2. The van der Waals surface area contributed by atoms with E-state index in [1.807, 2.05) is 0 Å². The molecule has 2 saturated heterocycles. The summed E-state index contributed by atoms with van der Waals surface area (Å²) in [7, 11) is 0. The van der Waals surface area contributed by atoms with E-state index in [4.69, 9.17) is 4.74 Å². The van der Waals surface area contributed by atoms with Crippen LogP contribution in [0.5, 0.6) is 0 Å². The Morgan fingerprint density at radius 1 is 1.24 bits per heavy atom. The van der Waals surface area contributed by atoms with E-state index >= 15 is 0 Å². The van der Waals surface area contributed by atoms with Crippen LogP contribution in [-0.2, 0) is 4.74 Å². The third-order valence-corrected chi connectivity index (χ3v) is 3.38. The Bertz CT molecular complexity index is 322. The second-order valence-corrected chi connectivity index (χ2v) is 4.61. The van der Waals surface area contributed by atoms with Crippen LogP contribution in [0.2, 0.25) is 0 Å². The Hall–Kier alpha value is -1.14. The summed E-state index contributed by atoms with van der Waals surface area (Å²) in [5, 5.41) is 10.6. The summed E-state index contributed by atoms with van der Waals surface area (Å²) in [6.07, 6.45) is 3.55. The molecular formula is C11H19N5O.